The second kappa shape index (κ2) is 5.68. The summed E-state index contributed by atoms with van der Waals surface area (Å²) in [7, 11) is 0. The Hall–Kier alpha value is -0.455. The summed E-state index contributed by atoms with van der Waals surface area (Å²) in [6.07, 6.45) is 4.19. The molecule has 0 spiro atoms. The van der Waals surface area contributed by atoms with Crippen LogP contribution in [0.3, 0.4) is 0 Å². The van der Waals surface area contributed by atoms with Crippen LogP contribution in [0.25, 0.3) is 0 Å². The predicted molar refractivity (Wildman–Crippen MR) is 44.5 cm³/mol. The van der Waals surface area contributed by atoms with Crippen LogP contribution in [0.1, 0.15) is 20.8 Å². The Morgan fingerprint density at radius 2 is 1.89 bits per heavy atom. The topological polar surface area (TPSA) is 0 Å². The van der Waals surface area contributed by atoms with E-state index >= 15 is 0 Å². The zero-order valence-corrected chi connectivity index (χ0v) is 6.52. The summed E-state index contributed by atoms with van der Waals surface area (Å²) in [4.78, 5) is 0. The van der Waals surface area contributed by atoms with Crippen molar-refractivity contribution in [3.8, 4) is 0 Å². The van der Waals surface area contributed by atoms with E-state index in [1.807, 2.05) is 13.0 Å². The third-order valence-electron chi connectivity index (χ3n) is 0.766. The molecule has 0 amide bonds. The fourth-order valence-corrected chi connectivity index (χ4v) is 0.357. The Morgan fingerprint density at radius 1 is 1.44 bits per heavy atom. The van der Waals surface area contributed by atoms with E-state index in [4.69, 9.17) is 0 Å². The third-order valence-corrected chi connectivity index (χ3v) is 0.766. The molecule has 0 saturated carbocycles. The van der Waals surface area contributed by atoms with Gasteiger partial charge in [0.15, 0.2) is 0 Å². The van der Waals surface area contributed by atoms with E-state index in [2.05, 4.69) is 26.5 Å². The van der Waals surface area contributed by atoms with E-state index in [9.17, 15) is 0 Å². The molecule has 0 saturated heterocycles. The molecule has 0 bridgehead atoms. The van der Waals surface area contributed by atoms with Gasteiger partial charge in [0.05, 0.1) is 0 Å². The molecule has 9 heavy (non-hydrogen) atoms. The van der Waals surface area contributed by atoms with Crippen molar-refractivity contribution in [2.45, 2.75) is 20.8 Å². The van der Waals surface area contributed by atoms with E-state index < -0.39 is 0 Å². The van der Waals surface area contributed by atoms with Crippen LogP contribution in [-0.2, 0) is 0 Å². The molecule has 0 N–H and O–H groups in total. The molecule has 0 nitrogen and oxygen atoms in total. The molecular formula is C8H14B. The zero-order valence-electron chi connectivity index (χ0n) is 6.52. The average Bonchev–Trinajstić information content (AvgIpc) is 1.61. The smallest absolute Gasteiger partial charge is 0 e. The van der Waals surface area contributed by atoms with Crippen molar-refractivity contribution in [1.29, 1.82) is 0 Å². The molecule has 0 fully saturated rings. The molecule has 0 heterocycles. The SMILES string of the molecule is C=C(C)C=CC(C)C.[B]. The molecule has 0 aromatic heterocycles. The van der Waals surface area contributed by atoms with Gasteiger partial charge < -0.3 is 0 Å². The van der Waals surface area contributed by atoms with Crippen LogP contribution in [0.2, 0.25) is 0 Å². The Morgan fingerprint density at radius 3 is 2.00 bits per heavy atom. The van der Waals surface area contributed by atoms with Crippen LogP contribution in [0.5, 0.6) is 0 Å². The Labute approximate surface area is 60.2 Å². The van der Waals surface area contributed by atoms with Gasteiger partial charge in [-0.2, -0.15) is 0 Å². The summed E-state index contributed by atoms with van der Waals surface area (Å²) in [5.74, 6) is 0.645. The summed E-state index contributed by atoms with van der Waals surface area (Å²) in [5.41, 5.74) is 1.12. The van der Waals surface area contributed by atoms with Gasteiger partial charge in [0.2, 0.25) is 0 Å². The quantitative estimate of drug-likeness (QED) is 0.388. The number of allylic oxidation sites excluding steroid dienone is 3. The minimum atomic E-state index is 0. The van der Waals surface area contributed by atoms with Crippen molar-refractivity contribution in [3.63, 3.8) is 0 Å². The van der Waals surface area contributed by atoms with Crippen molar-refractivity contribution < 1.29 is 0 Å². The van der Waals surface area contributed by atoms with E-state index in [1.165, 1.54) is 0 Å². The fraction of sp³-hybridized carbons (Fsp3) is 0.500. The van der Waals surface area contributed by atoms with Gasteiger partial charge >= 0.3 is 0 Å². The molecule has 0 aromatic rings. The minimum absolute atomic E-state index is 0. The van der Waals surface area contributed by atoms with Crippen molar-refractivity contribution in [2.75, 3.05) is 0 Å². The van der Waals surface area contributed by atoms with Crippen LogP contribution in [0, 0.1) is 5.92 Å². The summed E-state index contributed by atoms with van der Waals surface area (Å²) in [5, 5.41) is 0. The monoisotopic (exact) mass is 121 g/mol. The largest absolute Gasteiger partial charge is 0.0961 e. The standard InChI is InChI=1S/C8H14.B/c1-7(2)5-6-8(3)4;/h5-6,8H,1H2,2-4H3;. The molecular weight excluding hydrogens is 107 g/mol. The van der Waals surface area contributed by atoms with Crippen LogP contribution in [0.4, 0.5) is 0 Å². The maximum atomic E-state index is 3.74. The molecule has 1 heteroatoms. The number of hydrogen-bond acceptors (Lipinski definition) is 0. The lowest BCUT2D eigenvalue weighted by Crippen LogP contribution is -1.76. The maximum Gasteiger partial charge on any atom is 0 e. The first-order valence-corrected chi connectivity index (χ1v) is 2.96. The van der Waals surface area contributed by atoms with E-state index in [0.717, 1.165) is 5.57 Å². The van der Waals surface area contributed by atoms with E-state index in [0.29, 0.717) is 5.92 Å². The normalized spacial score (nSPS) is 9.78. The molecule has 3 radical (unpaired) electrons. The summed E-state index contributed by atoms with van der Waals surface area (Å²) < 4.78 is 0. The van der Waals surface area contributed by atoms with Gasteiger partial charge in [-0.25, -0.2) is 0 Å². The Balaban J connectivity index is 0. The Bertz CT molecular complexity index is 101. The molecule has 0 aliphatic rings. The summed E-state index contributed by atoms with van der Waals surface area (Å²) in [6, 6.07) is 0. The maximum absolute atomic E-state index is 3.74. The molecule has 49 valence electrons. The van der Waals surface area contributed by atoms with Crippen LogP contribution in [0.15, 0.2) is 24.3 Å². The van der Waals surface area contributed by atoms with Crippen molar-refractivity contribution in [2.24, 2.45) is 5.92 Å². The first-order chi connectivity index (χ1) is 3.63. The fourth-order valence-electron chi connectivity index (χ4n) is 0.357. The lowest BCUT2D eigenvalue weighted by atomic mass is 10.2. The van der Waals surface area contributed by atoms with Gasteiger partial charge in [-0.05, 0) is 12.8 Å². The van der Waals surface area contributed by atoms with Crippen molar-refractivity contribution in [1.82, 2.24) is 0 Å². The first kappa shape index (κ1) is 11.4. The van der Waals surface area contributed by atoms with Gasteiger partial charge in [-0.15, -0.1) is 0 Å². The second-order valence-corrected chi connectivity index (χ2v) is 2.45. The van der Waals surface area contributed by atoms with Gasteiger partial charge in [-0.1, -0.05) is 38.2 Å². The summed E-state index contributed by atoms with van der Waals surface area (Å²) in [6.45, 7) is 10.0. The zero-order chi connectivity index (χ0) is 6.57. The van der Waals surface area contributed by atoms with Gasteiger partial charge in [0.25, 0.3) is 0 Å². The van der Waals surface area contributed by atoms with Crippen molar-refractivity contribution in [3.05, 3.63) is 24.3 Å². The van der Waals surface area contributed by atoms with Crippen LogP contribution in [-0.4, -0.2) is 8.41 Å². The van der Waals surface area contributed by atoms with Crippen molar-refractivity contribution >= 4 is 8.41 Å². The lowest BCUT2D eigenvalue weighted by molar-refractivity contribution is 0.831. The van der Waals surface area contributed by atoms with Gasteiger partial charge in [0.1, 0.15) is 0 Å². The third kappa shape index (κ3) is 11.2. The summed E-state index contributed by atoms with van der Waals surface area (Å²) >= 11 is 0. The average molecular weight is 121 g/mol. The van der Waals surface area contributed by atoms with Crippen LogP contribution < -0.4 is 0 Å². The molecule has 0 rings (SSSR count). The van der Waals surface area contributed by atoms with E-state index in [1.54, 1.807) is 0 Å². The van der Waals surface area contributed by atoms with E-state index in [-0.39, 0.29) is 8.41 Å². The molecule has 0 unspecified atom stereocenters. The van der Waals surface area contributed by atoms with Gasteiger partial charge in [0, 0.05) is 8.41 Å². The molecule has 0 aliphatic heterocycles. The highest BCUT2D eigenvalue weighted by Crippen LogP contribution is 1.96. The lowest BCUT2D eigenvalue weighted by Gasteiger charge is -1.91. The van der Waals surface area contributed by atoms with Gasteiger partial charge in [-0.3, -0.25) is 0 Å². The second-order valence-electron chi connectivity index (χ2n) is 2.45. The molecule has 0 aromatic carbocycles. The minimum Gasteiger partial charge on any atom is -0.0961 e. The molecule has 0 atom stereocenters. The highest BCUT2D eigenvalue weighted by atomic mass is 13.9. The van der Waals surface area contributed by atoms with Crippen LogP contribution >= 0.6 is 0 Å². The number of hydrogen-bond donors (Lipinski definition) is 0. The predicted octanol–water partition coefficient (Wildman–Crippen LogP) is 2.39. The highest BCUT2D eigenvalue weighted by Gasteiger charge is 1.80. The Kier molecular flexibility index (Phi) is 7.16. The highest BCUT2D eigenvalue weighted by molar-refractivity contribution is 5.75. The number of rotatable bonds is 2. The molecule has 0 aliphatic carbocycles. The first-order valence-electron chi connectivity index (χ1n) is 2.96.